The van der Waals surface area contributed by atoms with Crippen LogP contribution < -0.4 is 4.74 Å². The van der Waals surface area contributed by atoms with Gasteiger partial charge >= 0.3 is 0 Å². The lowest BCUT2D eigenvalue weighted by molar-refractivity contribution is 0.165. The highest BCUT2D eigenvalue weighted by atomic mass is 16.5. The highest BCUT2D eigenvalue weighted by molar-refractivity contribution is 5.63. The van der Waals surface area contributed by atoms with Crippen molar-refractivity contribution in [3.8, 4) is 17.1 Å². The van der Waals surface area contributed by atoms with Gasteiger partial charge in [-0.2, -0.15) is 4.98 Å². The van der Waals surface area contributed by atoms with Crippen molar-refractivity contribution in [1.29, 1.82) is 0 Å². The van der Waals surface area contributed by atoms with Gasteiger partial charge in [0.2, 0.25) is 11.7 Å². The molecule has 1 fully saturated rings. The molecule has 3 rings (SSSR count). The summed E-state index contributed by atoms with van der Waals surface area (Å²) in [6, 6.07) is 8.36. The van der Waals surface area contributed by atoms with Crippen LogP contribution in [-0.2, 0) is 6.54 Å². The van der Waals surface area contributed by atoms with Crippen LogP contribution in [0.25, 0.3) is 11.4 Å². The summed E-state index contributed by atoms with van der Waals surface area (Å²) in [6.45, 7) is 0.701. The maximum atomic E-state index is 5.42. The highest BCUT2D eigenvalue weighted by Crippen LogP contribution is 2.28. The van der Waals surface area contributed by atoms with Gasteiger partial charge in [-0.1, -0.05) is 36.6 Å². The molecule has 1 heterocycles. The van der Waals surface area contributed by atoms with Gasteiger partial charge < -0.3 is 9.26 Å². The molecule has 1 aromatic heterocycles. The molecule has 5 heteroatoms. The molecular formula is C17H23N3O2. The van der Waals surface area contributed by atoms with Crippen LogP contribution in [0.3, 0.4) is 0 Å². The normalized spacial score (nSPS) is 16.1. The molecule has 0 unspecified atom stereocenters. The number of rotatable bonds is 5. The molecule has 0 amide bonds. The van der Waals surface area contributed by atoms with E-state index < -0.39 is 0 Å². The lowest BCUT2D eigenvalue weighted by Gasteiger charge is -2.29. The summed E-state index contributed by atoms with van der Waals surface area (Å²) >= 11 is 0. The fraction of sp³-hybridized carbons (Fsp3) is 0.529. The molecule has 1 aromatic carbocycles. The van der Waals surface area contributed by atoms with Crippen molar-refractivity contribution in [2.45, 2.75) is 44.7 Å². The summed E-state index contributed by atoms with van der Waals surface area (Å²) in [6.07, 6.45) is 6.55. The second-order valence-electron chi connectivity index (χ2n) is 5.92. The first kappa shape index (κ1) is 15.0. The summed E-state index contributed by atoms with van der Waals surface area (Å²) in [5.41, 5.74) is 0.861. The van der Waals surface area contributed by atoms with Gasteiger partial charge in [0.1, 0.15) is 5.75 Å². The molecule has 1 aliphatic rings. The monoisotopic (exact) mass is 301 g/mol. The quantitative estimate of drug-likeness (QED) is 0.846. The Balaban J connectivity index is 1.70. The number of hydrogen-bond acceptors (Lipinski definition) is 5. The molecule has 1 saturated carbocycles. The van der Waals surface area contributed by atoms with E-state index >= 15 is 0 Å². The van der Waals surface area contributed by atoms with Gasteiger partial charge in [-0.05, 0) is 32.0 Å². The molecule has 22 heavy (non-hydrogen) atoms. The van der Waals surface area contributed by atoms with E-state index in [9.17, 15) is 0 Å². The zero-order chi connectivity index (χ0) is 15.4. The van der Waals surface area contributed by atoms with Gasteiger partial charge in [-0.3, -0.25) is 4.90 Å². The van der Waals surface area contributed by atoms with Gasteiger partial charge in [-0.25, -0.2) is 0 Å². The van der Waals surface area contributed by atoms with E-state index in [1.54, 1.807) is 7.11 Å². The van der Waals surface area contributed by atoms with E-state index in [1.807, 2.05) is 24.3 Å². The van der Waals surface area contributed by atoms with Crippen LogP contribution in [0.4, 0.5) is 0 Å². The van der Waals surface area contributed by atoms with Crippen molar-refractivity contribution in [2.75, 3.05) is 14.2 Å². The maximum absolute atomic E-state index is 5.42. The van der Waals surface area contributed by atoms with Crippen LogP contribution in [0.15, 0.2) is 28.8 Å². The Morgan fingerprint density at radius 2 is 2.00 bits per heavy atom. The lowest BCUT2D eigenvalue weighted by Crippen LogP contribution is -2.32. The molecule has 5 nitrogen and oxygen atoms in total. The number of para-hydroxylation sites is 1. The predicted octanol–water partition coefficient (Wildman–Crippen LogP) is 3.51. The van der Waals surface area contributed by atoms with E-state index in [0.29, 0.717) is 24.3 Å². The fourth-order valence-electron chi connectivity index (χ4n) is 3.12. The summed E-state index contributed by atoms with van der Waals surface area (Å²) in [5, 5.41) is 4.10. The SMILES string of the molecule is COc1ccccc1-c1noc(CN(C)C2CCCCC2)n1. The summed E-state index contributed by atoms with van der Waals surface area (Å²) in [7, 11) is 3.79. The predicted molar refractivity (Wildman–Crippen MR) is 84.6 cm³/mol. The Morgan fingerprint density at radius 1 is 1.23 bits per heavy atom. The van der Waals surface area contributed by atoms with E-state index in [2.05, 4.69) is 22.1 Å². The second-order valence-corrected chi connectivity index (χ2v) is 5.92. The highest BCUT2D eigenvalue weighted by Gasteiger charge is 2.20. The Morgan fingerprint density at radius 3 is 2.77 bits per heavy atom. The van der Waals surface area contributed by atoms with E-state index in [4.69, 9.17) is 9.26 Å². The van der Waals surface area contributed by atoms with Crippen LogP contribution in [0.5, 0.6) is 5.75 Å². The summed E-state index contributed by atoms with van der Waals surface area (Å²) < 4.78 is 10.8. The van der Waals surface area contributed by atoms with E-state index in [-0.39, 0.29) is 0 Å². The first-order chi connectivity index (χ1) is 10.8. The average molecular weight is 301 g/mol. The summed E-state index contributed by atoms with van der Waals surface area (Å²) in [4.78, 5) is 6.86. The van der Waals surface area contributed by atoms with Gasteiger partial charge in [0, 0.05) is 6.04 Å². The molecular weight excluding hydrogens is 278 g/mol. The largest absolute Gasteiger partial charge is 0.496 e. The maximum Gasteiger partial charge on any atom is 0.241 e. The van der Waals surface area contributed by atoms with Gasteiger partial charge in [0.25, 0.3) is 0 Å². The van der Waals surface area contributed by atoms with Crippen molar-refractivity contribution in [3.63, 3.8) is 0 Å². The van der Waals surface area contributed by atoms with Crippen LogP contribution in [0.1, 0.15) is 38.0 Å². The number of aromatic nitrogens is 2. The number of ether oxygens (including phenoxy) is 1. The fourth-order valence-corrected chi connectivity index (χ4v) is 3.12. The minimum atomic E-state index is 0.587. The topological polar surface area (TPSA) is 51.4 Å². The third-order valence-electron chi connectivity index (χ3n) is 4.40. The Kier molecular flexibility index (Phi) is 4.73. The van der Waals surface area contributed by atoms with Crippen molar-refractivity contribution < 1.29 is 9.26 Å². The zero-order valence-corrected chi connectivity index (χ0v) is 13.3. The smallest absolute Gasteiger partial charge is 0.241 e. The van der Waals surface area contributed by atoms with Crippen LogP contribution in [0.2, 0.25) is 0 Å². The molecule has 0 N–H and O–H groups in total. The van der Waals surface area contributed by atoms with Crippen molar-refractivity contribution in [1.82, 2.24) is 15.0 Å². The zero-order valence-electron chi connectivity index (χ0n) is 13.3. The van der Waals surface area contributed by atoms with Crippen LogP contribution >= 0.6 is 0 Å². The Hall–Kier alpha value is -1.88. The second kappa shape index (κ2) is 6.92. The minimum Gasteiger partial charge on any atom is -0.496 e. The standard InChI is InChI=1S/C17H23N3O2/c1-20(13-8-4-3-5-9-13)12-16-18-17(19-22-16)14-10-6-7-11-15(14)21-2/h6-7,10-11,13H,3-5,8-9,12H2,1-2H3. The molecule has 0 radical (unpaired) electrons. The van der Waals surface area contributed by atoms with E-state index in [1.165, 1.54) is 32.1 Å². The van der Waals surface area contributed by atoms with Gasteiger partial charge in [0.05, 0.1) is 19.2 Å². The first-order valence-electron chi connectivity index (χ1n) is 7.94. The number of hydrogen-bond donors (Lipinski definition) is 0. The van der Waals surface area contributed by atoms with E-state index in [0.717, 1.165) is 11.3 Å². The molecule has 0 aliphatic heterocycles. The molecule has 118 valence electrons. The number of nitrogens with zero attached hydrogens (tertiary/aromatic N) is 3. The molecule has 0 spiro atoms. The molecule has 1 aliphatic carbocycles. The van der Waals surface area contributed by atoms with Crippen molar-refractivity contribution in [3.05, 3.63) is 30.2 Å². The lowest BCUT2D eigenvalue weighted by atomic mass is 9.94. The first-order valence-corrected chi connectivity index (χ1v) is 7.94. The molecule has 0 bridgehead atoms. The van der Waals surface area contributed by atoms with Crippen molar-refractivity contribution in [2.24, 2.45) is 0 Å². The van der Waals surface area contributed by atoms with Crippen LogP contribution in [0, 0.1) is 0 Å². The molecule has 0 atom stereocenters. The van der Waals surface area contributed by atoms with Gasteiger partial charge in [-0.15, -0.1) is 0 Å². The van der Waals surface area contributed by atoms with Gasteiger partial charge in [0.15, 0.2) is 0 Å². The third kappa shape index (κ3) is 3.30. The van der Waals surface area contributed by atoms with Crippen molar-refractivity contribution >= 4 is 0 Å². The number of methoxy groups -OCH3 is 1. The Bertz CT molecular complexity index is 605. The summed E-state index contributed by atoms with van der Waals surface area (Å²) in [5.74, 6) is 2.01. The Labute approximate surface area is 131 Å². The third-order valence-corrected chi connectivity index (χ3v) is 4.40. The average Bonchev–Trinajstić information content (AvgIpc) is 3.04. The van der Waals surface area contributed by atoms with Crippen LogP contribution in [-0.4, -0.2) is 35.2 Å². The minimum absolute atomic E-state index is 0.587. The molecule has 0 saturated heterocycles. The molecule has 2 aromatic rings. The number of benzene rings is 1.